The molecule has 1 aliphatic heterocycles. The lowest BCUT2D eigenvalue weighted by molar-refractivity contribution is -0.122. The molecule has 1 N–H and O–H groups in total. The molecule has 0 radical (unpaired) electrons. The van der Waals surface area contributed by atoms with E-state index in [-0.39, 0.29) is 12.2 Å². The molecule has 0 unspecified atom stereocenters. The number of aryl methyl sites for hydroxylation is 2. The van der Waals surface area contributed by atoms with Crippen LogP contribution in [0.25, 0.3) is 6.08 Å². The minimum absolute atomic E-state index is 0.181. The molecule has 3 aromatic rings. The van der Waals surface area contributed by atoms with Gasteiger partial charge in [-0.3, -0.25) is 14.9 Å². The number of urea groups is 1. The number of rotatable bonds is 6. The number of carbonyl (C=O) groups excluding carboxylic acids is 3. The highest BCUT2D eigenvalue weighted by Crippen LogP contribution is 2.32. The molecule has 0 bridgehead atoms. The summed E-state index contributed by atoms with van der Waals surface area (Å²) < 4.78 is 11.3. The predicted octanol–water partition coefficient (Wildman–Crippen LogP) is 5.86. The third kappa shape index (κ3) is 5.22. The van der Waals surface area contributed by atoms with E-state index in [1.54, 1.807) is 55.5 Å². The molecule has 4 rings (SSSR count). The zero-order valence-electron chi connectivity index (χ0n) is 19.7. The van der Waals surface area contributed by atoms with Gasteiger partial charge in [0.2, 0.25) is 0 Å². The van der Waals surface area contributed by atoms with Crippen molar-refractivity contribution in [1.29, 1.82) is 0 Å². The Balaban J connectivity index is 1.61. The molecule has 9 heteroatoms. The highest BCUT2D eigenvalue weighted by Gasteiger charge is 2.37. The largest absolute Gasteiger partial charge is 0.493 e. The SMILES string of the molecule is COc1cc(/C=C2\C(=O)NC(=O)N(c3ccc(C)cc3C)C2=O)ccc1OCc1ccc(Cl)cc1Cl. The molecule has 3 aromatic carbocycles. The minimum Gasteiger partial charge on any atom is -0.493 e. The summed E-state index contributed by atoms with van der Waals surface area (Å²) in [7, 11) is 1.48. The van der Waals surface area contributed by atoms with Gasteiger partial charge in [-0.05, 0) is 61.4 Å². The molecular weight excluding hydrogens is 503 g/mol. The third-order valence-electron chi connectivity index (χ3n) is 5.59. The van der Waals surface area contributed by atoms with Crippen LogP contribution in [-0.4, -0.2) is 25.0 Å². The summed E-state index contributed by atoms with van der Waals surface area (Å²) in [5.41, 5.74) is 3.20. The number of anilines is 1. The molecule has 1 fully saturated rings. The molecular formula is C27H22Cl2N2O5. The van der Waals surface area contributed by atoms with Crippen LogP contribution in [-0.2, 0) is 16.2 Å². The van der Waals surface area contributed by atoms with Crippen LogP contribution in [0, 0.1) is 13.8 Å². The van der Waals surface area contributed by atoms with Gasteiger partial charge < -0.3 is 9.47 Å². The first kappa shape index (κ1) is 25.3. The van der Waals surface area contributed by atoms with Crippen molar-refractivity contribution in [2.24, 2.45) is 0 Å². The molecule has 0 spiro atoms. The van der Waals surface area contributed by atoms with E-state index in [1.807, 2.05) is 13.0 Å². The van der Waals surface area contributed by atoms with Crippen molar-refractivity contribution in [3.63, 3.8) is 0 Å². The number of hydrogen-bond donors (Lipinski definition) is 1. The van der Waals surface area contributed by atoms with Crippen molar-refractivity contribution in [2.75, 3.05) is 12.0 Å². The molecule has 1 heterocycles. The number of barbiturate groups is 1. The number of nitrogens with zero attached hydrogens (tertiary/aromatic N) is 1. The maximum atomic E-state index is 13.2. The second-order valence-electron chi connectivity index (χ2n) is 8.18. The Labute approximate surface area is 218 Å². The molecule has 0 aromatic heterocycles. The van der Waals surface area contributed by atoms with Crippen LogP contribution in [0.2, 0.25) is 10.0 Å². The van der Waals surface area contributed by atoms with Crippen molar-refractivity contribution >= 4 is 52.8 Å². The van der Waals surface area contributed by atoms with Crippen molar-refractivity contribution in [3.8, 4) is 11.5 Å². The minimum atomic E-state index is -0.795. The second-order valence-corrected chi connectivity index (χ2v) is 9.03. The fourth-order valence-corrected chi connectivity index (χ4v) is 4.25. The topological polar surface area (TPSA) is 84.9 Å². The van der Waals surface area contributed by atoms with Gasteiger partial charge in [0, 0.05) is 15.6 Å². The van der Waals surface area contributed by atoms with Gasteiger partial charge in [0.1, 0.15) is 12.2 Å². The highest BCUT2D eigenvalue weighted by atomic mass is 35.5. The number of benzene rings is 3. The average Bonchev–Trinajstić information content (AvgIpc) is 2.82. The van der Waals surface area contributed by atoms with Gasteiger partial charge in [-0.1, -0.05) is 53.0 Å². The fourth-order valence-electron chi connectivity index (χ4n) is 3.79. The van der Waals surface area contributed by atoms with Crippen molar-refractivity contribution in [3.05, 3.63) is 92.5 Å². The lowest BCUT2D eigenvalue weighted by Crippen LogP contribution is -2.54. The number of carbonyl (C=O) groups is 3. The maximum Gasteiger partial charge on any atom is 0.335 e. The molecule has 0 saturated carbocycles. The lowest BCUT2D eigenvalue weighted by Gasteiger charge is -2.27. The summed E-state index contributed by atoms with van der Waals surface area (Å²) in [6, 6.07) is 14.6. The molecule has 1 saturated heterocycles. The average molecular weight is 525 g/mol. The van der Waals surface area contributed by atoms with Crippen molar-refractivity contribution < 1.29 is 23.9 Å². The Kier molecular flexibility index (Phi) is 7.33. The summed E-state index contributed by atoms with van der Waals surface area (Å²) in [4.78, 5) is 39.3. The summed E-state index contributed by atoms with van der Waals surface area (Å²) in [6.45, 7) is 3.89. The van der Waals surface area contributed by atoms with E-state index in [9.17, 15) is 14.4 Å². The lowest BCUT2D eigenvalue weighted by atomic mass is 10.0. The summed E-state index contributed by atoms with van der Waals surface area (Å²) in [5.74, 6) is -0.660. The van der Waals surface area contributed by atoms with E-state index in [1.165, 1.54) is 13.2 Å². The standard InChI is InChI=1S/C27H22Cl2N2O5/c1-15-4-8-22(16(2)10-15)31-26(33)20(25(32)30-27(31)34)11-17-5-9-23(24(12-17)35-3)36-14-18-6-7-19(28)13-21(18)29/h4-13H,14H2,1-3H3,(H,30,32,34)/b20-11+. The van der Waals surface area contributed by atoms with Crippen LogP contribution in [0.3, 0.4) is 0 Å². The summed E-state index contributed by atoms with van der Waals surface area (Å²) >= 11 is 12.2. The Morgan fingerprint density at radius 3 is 2.42 bits per heavy atom. The first-order valence-electron chi connectivity index (χ1n) is 10.9. The van der Waals surface area contributed by atoms with E-state index >= 15 is 0 Å². The van der Waals surface area contributed by atoms with Gasteiger partial charge in [-0.25, -0.2) is 9.69 Å². The molecule has 7 nitrogen and oxygen atoms in total. The molecule has 1 aliphatic rings. The number of hydrogen-bond acceptors (Lipinski definition) is 5. The predicted molar refractivity (Wildman–Crippen MR) is 139 cm³/mol. The fraction of sp³-hybridized carbons (Fsp3) is 0.148. The zero-order chi connectivity index (χ0) is 26.0. The Bertz CT molecular complexity index is 1420. The maximum absolute atomic E-state index is 13.2. The molecule has 0 aliphatic carbocycles. The number of halogens is 2. The summed E-state index contributed by atoms with van der Waals surface area (Å²) in [5, 5.41) is 3.24. The van der Waals surface area contributed by atoms with Gasteiger partial charge in [0.15, 0.2) is 11.5 Å². The Morgan fingerprint density at radius 1 is 0.944 bits per heavy atom. The van der Waals surface area contributed by atoms with Gasteiger partial charge in [0.25, 0.3) is 11.8 Å². The smallest absolute Gasteiger partial charge is 0.335 e. The number of ether oxygens (including phenoxy) is 2. The van der Waals surface area contributed by atoms with Crippen LogP contribution in [0.4, 0.5) is 10.5 Å². The highest BCUT2D eigenvalue weighted by molar-refractivity contribution is 6.39. The van der Waals surface area contributed by atoms with Crippen LogP contribution < -0.4 is 19.7 Å². The molecule has 0 atom stereocenters. The monoisotopic (exact) mass is 524 g/mol. The molecule has 36 heavy (non-hydrogen) atoms. The summed E-state index contributed by atoms with van der Waals surface area (Å²) in [6.07, 6.45) is 1.41. The van der Waals surface area contributed by atoms with Crippen LogP contribution >= 0.6 is 23.2 Å². The van der Waals surface area contributed by atoms with E-state index < -0.39 is 17.8 Å². The molecule has 184 valence electrons. The van der Waals surface area contributed by atoms with Crippen molar-refractivity contribution in [2.45, 2.75) is 20.5 Å². The van der Waals surface area contributed by atoms with E-state index in [2.05, 4.69) is 5.32 Å². The first-order valence-corrected chi connectivity index (χ1v) is 11.7. The van der Waals surface area contributed by atoms with Crippen LogP contribution in [0.5, 0.6) is 11.5 Å². The van der Waals surface area contributed by atoms with Gasteiger partial charge in [-0.15, -0.1) is 0 Å². The number of amides is 4. The van der Waals surface area contributed by atoms with Crippen LogP contribution in [0.1, 0.15) is 22.3 Å². The normalized spacial score (nSPS) is 14.8. The van der Waals surface area contributed by atoms with Gasteiger partial charge in [-0.2, -0.15) is 0 Å². The second kappa shape index (κ2) is 10.4. The number of methoxy groups -OCH3 is 1. The van der Waals surface area contributed by atoms with E-state index in [0.717, 1.165) is 21.6 Å². The van der Waals surface area contributed by atoms with Gasteiger partial charge in [0.05, 0.1) is 12.8 Å². The number of imide groups is 2. The first-order chi connectivity index (χ1) is 17.2. The quantitative estimate of drug-likeness (QED) is 0.322. The Hall–Kier alpha value is -3.81. The number of nitrogens with one attached hydrogen (secondary N) is 1. The third-order valence-corrected chi connectivity index (χ3v) is 6.18. The zero-order valence-corrected chi connectivity index (χ0v) is 21.2. The molecule has 4 amide bonds. The van der Waals surface area contributed by atoms with E-state index in [0.29, 0.717) is 32.8 Å². The Morgan fingerprint density at radius 2 is 1.72 bits per heavy atom. The van der Waals surface area contributed by atoms with Crippen molar-refractivity contribution in [1.82, 2.24) is 5.32 Å². The van der Waals surface area contributed by atoms with Crippen LogP contribution in [0.15, 0.2) is 60.2 Å². The van der Waals surface area contributed by atoms with E-state index in [4.69, 9.17) is 32.7 Å². The van der Waals surface area contributed by atoms with Gasteiger partial charge >= 0.3 is 6.03 Å².